The summed E-state index contributed by atoms with van der Waals surface area (Å²) in [7, 11) is 1.22. The van der Waals surface area contributed by atoms with Crippen LogP contribution >= 0.6 is 0 Å². The Hall–Kier alpha value is -1.73. The van der Waals surface area contributed by atoms with Crippen molar-refractivity contribution < 1.29 is 74.1 Å². The second-order valence-corrected chi connectivity index (χ2v) is 9.52. The number of fused-ring (bicyclic) bond motifs is 1. The summed E-state index contributed by atoms with van der Waals surface area (Å²) in [5.41, 5.74) is 0.770. The summed E-state index contributed by atoms with van der Waals surface area (Å²) in [6.07, 6.45) is -13.9. The molecule has 1 aliphatic carbocycles. The molecule has 0 aromatic carbocycles. The molecule has 15 nitrogen and oxygen atoms in total. The minimum absolute atomic E-state index is 0.239. The van der Waals surface area contributed by atoms with E-state index < -0.39 is 98.7 Å². The predicted octanol–water partition coefficient (Wildman–Crippen LogP) is -4.40. The fraction of sp³-hybridized carbons (Fsp3) is 0.783. The van der Waals surface area contributed by atoms with Crippen molar-refractivity contribution in [1.29, 1.82) is 0 Å². The summed E-state index contributed by atoms with van der Waals surface area (Å²) in [6, 6.07) is 0. The van der Waals surface area contributed by atoms with E-state index >= 15 is 0 Å². The highest BCUT2D eigenvalue weighted by Crippen LogP contribution is 2.44. The average Bonchev–Trinajstić information content (AvgIpc) is 3.37. The van der Waals surface area contributed by atoms with Crippen molar-refractivity contribution in [3.8, 4) is 0 Å². The van der Waals surface area contributed by atoms with E-state index in [1.54, 1.807) is 6.08 Å². The van der Waals surface area contributed by atoms with Gasteiger partial charge in [-0.15, -0.1) is 0 Å². The number of esters is 1. The van der Waals surface area contributed by atoms with Gasteiger partial charge >= 0.3 is 5.97 Å². The summed E-state index contributed by atoms with van der Waals surface area (Å²) < 4.78 is 32.7. The topological polar surface area (TPSA) is 234 Å². The van der Waals surface area contributed by atoms with E-state index in [1.165, 1.54) is 13.4 Å². The molecule has 0 saturated carbocycles. The molecule has 3 aliphatic heterocycles. The van der Waals surface area contributed by atoms with Crippen LogP contribution in [0, 0.1) is 11.8 Å². The van der Waals surface area contributed by atoms with Gasteiger partial charge in [-0.3, -0.25) is 0 Å². The van der Waals surface area contributed by atoms with Gasteiger partial charge in [0.25, 0.3) is 0 Å². The van der Waals surface area contributed by atoms with Crippen LogP contribution < -0.4 is 0 Å². The number of carbonyl (C=O) groups is 1. The molecule has 8 N–H and O–H groups in total. The molecule has 0 spiro atoms. The number of allylic oxidation sites excluding steroid dienone is 1. The zero-order valence-corrected chi connectivity index (χ0v) is 20.4. The number of carbonyl (C=O) groups excluding carboxylic acids is 1. The summed E-state index contributed by atoms with van der Waals surface area (Å²) in [6.45, 7) is -1.79. The Morgan fingerprint density at radius 3 is 2.13 bits per heavy atom. The van der Waals surface area contributed by atoms with Crippen LogP contribution in [-0.4, -0.2) is 141 Å². The molecule has 0 bridgehead atoms. The first-order valence-electron chi connectivity index (χ1n) is 12.1. The lowest BCUT2D eigenvalue weighted by molar-refractivity contribution is -0.373. The van der Waals surface area contributed by atoms with Crippen molar-refractivity contribution >= 4 is 5.97 Å². The zero-order valence-electron chi connectivity index (χ0n) is 20.4. The lowest BCUT2D eigenvalue weighted by atomic mass is 9.83. The van der Waals surface area contributed by atoms with Crippen molar-refractivity contribution in [2.45, 2.75) is 74.1 Å². The van der Waals surface area contributed by atoms with E-state index in [4.69, 9.17) is 28.4 Å². The molecule has 2 saturated heterocycles. The first kappa shape index (κ1) is 29.3. The Bertz CT molecular complexity index is 890. The number of aliphatic hydroxyl groups excluding tert-OH is 8. The minimum atomic E-state index is -1.79. The number of hydrogen-bond donors (Lipinski definition) is 8. The van der Waals surface area contributed by atoms with Crippen molar-refractivity contribution in [1.82, 2.24) is 0 Å². The zero-order chi connectivity index (χ0) is 27.7. The molecule has 0 aromatic rings. The molecule has 15 heteroatoms. The molecule has 2 fully saturated rings. The van der Waals surface area contributed by atoms with Crippen LogP contribution in [-0.2, 0) is 33.2 Å². The maximum absolute atomic E-state index is 12.2. The molecule has 4 rings (SSSR count). The fourth-order valence-electron chi connectivity index (χ4n) is 5.22. The highest BCUT2D eigenvalue weighted by Gasteiger charge is 2.53. The van der Waals surface area contributed by atoms with Gasteiger partial charge in [0.2, 0.25) is 6.29 Å². The molecule has 0 amide bonds. The van der Waals surface area contributed by atoms with Gasteiger partial charge in [0.15, 0.2) is 12.6 Å². The number of rotatable bonds is 8. The van der Waals surface area contributed by atoms with Crippen molar-refractivity contribution in [2.24, 2.45) is 11.8 Å². The maximum Gasteiger partial charge on any atom is 0.337 e. The number of hydrogen-bond acceptors (Lipinski definition) is 15. The Morgan fingerprint density at radius 2 is 1.50 bits per heavy atom. The largest absolute Gasteiger partial charge is 0.471 e. The predicted molar refractivity (Wildman–Crippen MR) is 119 cm³/mol. The van der Waals surface area contributed by atoms with Gasteiger partial charge in [0.1, 0.15) is 48.8 Å². The van der Waals surface area contributed by atoms with Crippen LogP contribution in [0.25, 0.3) is 0 Å². The van der Waals surface area contributed by atoms with E-state index in [9.17, 15) is 45.6 Å². The molecular formula is C23H34O15. The number of aliphatic hydroxyl groups is 8. The summed E-state index contributed by atoms with van der Waals surface area (Å²) in [5, 5.41) is 80.9. The molecule has 0 aromatic heterocycles. The Labute approximate surface area is 217 Å². The normalized spacial score (nSPS) is 45.0. The maximum atomic E-state index is 12.2. The van der Waals surface area contributed by atoms with Crippen LogP contribution in [0.5, 0.6) is 0 Å². The summed E-state index contributed by atoms with van der Waals surface area (Å²) >= 11 is 0. The molecule has 4 aliphatic rings. The lowest BCUT2D eigenvalue weighted by Gasteiger charge is -2.46. The van der Waals surface area contributed by atoms with Crippen molar-refractivity contribution in [3.05, 3.63) is 23.5 Å². The van der Waals surface area contributed by atoms with Gasteiger partial charge in [-0.25, -0.2) is 4.79 Å². The minimum Gasteiger partial charge on any atom is -0.471 e. The fourth-order valence-corrected chi connectivity index (χ4v) is 5.22. The number of ether oxygens (including phenoxy) is 6. The Balaban J connectivity index is 1.48. The van der Waals surface area contributed by atoms with Gasteiger partial charge in [-0.05, 0) is 12.0 Å². The third-order valence-corrected chi connectivity index (χ3v) is 7.35. The van der Waals surface area contributed by atoms with Crippen molar-refractivity contribution in [2.75, 3.05) is 26.9 Å². The van der Waals surface area contributed by atoms with Gasteiger partial charge < -0.3 is 69.3 Å². The summed E-state index contributed by atoms with van der Waals surface area (Å²) in [4.78, 5) is 12.2. The van der Waals surface area contributed by atoms with Gasteiger partial charge in [0, 0.05) is 5.92 Å². The molecule has 13 atom stereocenters. The molecule has 0 radical (unpaired) electrons. The quantitative estimate of drug-likeness (QED) is 0.105. The van der Waals surface area contributed by atoms with Gasteiger partial charge in [0.05, 0.1) is 44.7 Å². The van der Waals surface area contributed by atoms with Crippen LogP contribution in [0.2, 0.25) is 0 Å². The van der Waals surface area contributed by atoms with E-state index in [1.807, 2.05) is 0 Å². The van der Waals surface area contributed by atoms with Crippen molar-refractivity contribution in [3.63, 3.8) is 0 Å². The van der Waals surface area contributed by atoms with Gasteiger partial charge in [-0.2, -0.15) is 0 Å². The third-order valence-electron chi connectivity index (χ3n) is 7.35. The Kier molecular flexibility index (Phi) is 9.39. The smallest absolute Gasteiger partial charge is 0.337 e. The van der Waals surface area contributed by atoms with E-state index in [0.717, 1.165) is 0 Å². The second kappa shape index (κ2) is 12.2. The first-order valence-corrected chi connectivity index (χ1v) is 12.1. The lowest BCUT2D eigenvalue weighted by Crippen LogP contribution is -2.65. The second-order valence-electron chi connectivity index (χ2n) is 9.52. The molecular weight excluding hydrogens is 516 g/mol. The van der Waals surface area contributed by atoms with E-state index in [0.29, 0.717) is 12.0 Å². The van der Waals surface area contributed by atoms with Crippen LogP contribution in [0.15, 0.2) is 23.5 Å². The Morgan fingerprint density at radius 1 is 0.868 bits per heavy atom. The summed E-state index contributed by atoms with van der Waals surface area (Å²) in [5.74, 6) is -1.68. The molecule has 216 valence electrons. The van der Waals surface area contributed by atoms with E-state index in [2.05, 4.69) is 0 Å². The standard InChI is InChI=1S/C23H34O15/c1-33-20(32)10-7-34-21(13-8(4-24)2-3-9(10)13)38-23-18(31)16(29)19(12(6-26)36-23)37-22-17(30)15(28)14(27)11(5-25)35-22/h2,7,9,11-19,21-31H,3-6H2,1H3. The van der Waals surface area contributed by atoms with Crippen LogP contribution in [0.4, 0.5) is 0 Å². The highest BCUT2D eigenvalue weighted by molar-refractivity contribution is 5.89. The third kappa shape index (κ3) is 5.34. The van der Waals surface area contributed by atoms with E-state index in [-0.39, 0.29) is 12.2 Å². The molecule has 3 heterocycles. The SMILES string of the molecule is COC(=O)C1=COC(OC2OC(CO)C(OC3OC(CO)C(O)C(O)C3O)C(O)C2O)C2C(CO)=CCC12. The highest BCUT2D eigenvalue weighted by atomic mass is 16.8. The van der Waals surface area contributed by atoms with Gasteiger partial charge in [-0.1, -0.05) is 6.08 Å². The molecule has 38 heavy (non-hydrogen) atoms. The first-order chi connectivity index (χ1) is 18.2. The number of methoxy groups -OCH3 is 1. The monoisotopic (exact) mass is 550 g/mol. The molecule has 13 unspecified atom stereocenters. The van der Waals surface area contributed by atoms with Crippen LogP contribution in [0.3, 0.4) is 0 Å². The average molecular weight is 551 g/mol. The van der Waals surface area contributed by atoms with Crippen LogP contribution in [0.1, 0.15) is 6.42 Å².